The van der Waals surface area contributed by atoms with E-state index in [2.05, 4.69) is 36.6 Å². The third kappa shape index (κ3) is 6.13. The van der Waals surface area contributed by atoms with E-state index in [4.69, 9.17) is 14.5 Å². The number of fused-ring (bicyclic) bond motifs is 6. The number of pyridine rings is 2. The van der Waals surface area contributed by atoms with Crippen molar-refractivity contribution in [3.63, 3.8) is 0 Å². The average Bonchev–Trinajstić information content (AvgIpc) is 3.73. The topological polar surface area (TPSA) is 92.8 Å². The van der Waals surface area contributed by atoms with Gasteiger partial charge in [-0.25, -0.2) is 24.9 Å². The minimum atomic E-state index is -4.53. The van der Waals surface area contributed by atoms with Crippen LogP contribution in [0.2, 0.25) is 0 Å². The van der Waals surface area contributed by atoms with Crippen molar-refractivity contribution < 1.29 is 22.6 Å². The molecule has 0 saturated carbocycles. The first kappa shape index (κ1) is 33.9. The first-order chi connectivity index (χ1) is 27.8. The van der Waals surface area contributed by atoms with E-state index < -0.39 is 11.7 Å². The van der Waals surface area contributed by atoms with Gasteiger partial charge in [0.2, 0.25) is 0 Å². The van der Waals surface area contributed by atoms with Crippen molar-refractivity contribution >= 4 is 43.6 Å². The lowest BCUT2D eigenvalue weighted by Gasteiger charge is -2.13. The molecule has 276 valence electrons. The monoisotopic (exact) mass is 755 g/mol. The van der Waals surface area contributed by atoms with E-state index in [0.717, 1.165) is 56.1 Å². The minimum Gasteiger partial charge on any atom is -0.457 e. The lowest BCUT2D eigenvalue weighted by atomic mass is 10.1. The van der Waals surface area contributed by atoms with E-state index in [-0.39, 0.29) is 5.82 Å². The van der Waals surface area contributed by atoms with Crippen LogP contribution >= 0.6 is 0 Å². The molecule has 5 aromatic carbocycles. The van der Waals surface area contributed by atoms with Crippen molar-refractivity contribution in [1.82, 2.24) is 34.1 Å². The SMILES string of the molecule is Cc1ccnc(-n2c3ccccc3c3ccc(Oc4cc(Oc5ccc6c7ccccc7n(-c7cc(C(F)(F)F)ccn7)c6c5)cc(-c5ncncn5)c4)cc32)c1. The lowest BCUT2D eigenvalue weighted by molar-refractivity contribution is -0.137. The van der Waals surface area contributed by atoms with Gasteiger partial charge in [0.05, 0.1) is 27.6 Å². The number of hydrogen-bond acceptors (Lipinski definition) is 7. The molecule has 0 N–H and O–H groups in total. The highest BCUT2D eigenvalue weighted by atomic mass is 19.4. The maximum Gasteiger partial charge on any atom is 0.416 e. The predicted octanol–water partition coefficient (Wildman–Crippen LogP) is 11.4. The fraction of sp³-hybridized carbons (Fsp3) is 0.0444. The standard InChI is InChI=1S/C45H28F3N7O2/c1-27-14-16-50-42(18-27)54-38-8-4-2-6-34(38)36-12-10-30(23-40(36)54)56-32-19-28(44-52-25-49-26-53-44)20-33(22-32)57-31-11-13-37-35-7-3-5-9-39(35)55(41(37)24-31)43-21-29(15-17-51-43)45(46,47)48/h2-26H,1H3. The highest BCUT2D eigenvalue weighted by Gasteiger charge is 2.31. The largest absolute Gasteiger partial charge is 0.457 e. The van der Waals surface area contributed by atoms with Crippen molar-refractivity contribution in [3.8, 4) is 46.0 Å². The molecule has 0 unspecified atom stereocenters. The molecule has 12 heteroatoms. The fourth-order valence-electron chi connectivity index (χ4n) is 7.36. The molecule has 0 aliphatic rings. The minimum absolute atomic E-state index is 0.134. The second-order valence-electron chi connectivity index (χ2n) is 13.5. The molecule has 57 heavy (non-hydrogen) atoms. The molecule has 0 atom stereocenters. The maximum atomic E-state index is 13.8. The number of aromatic nitrogens is 7. The van der Waals surface area contributed by atoms with Crippen molar-refractivity contribution in [2.45, 2.75) is 13.1 Å². The Labute approximate surface area is 322 Å². The number of halogens is 3. The molecule has 0 aliphatic carbocycles. The zero-order valence-electron chi connectivity index (χ0n) is 30.0. The van der Waals surface area contributed by atoms with Crippen LogP contribution in [0.25, 0.3) is 66.6 Å². The molecule has 0 spiro atoms. The number of benzene rings is 5. The van der Waals surface area contributed by atoms with Crippen molar-refractivity contribution in [2.24, 2.45) is 0 Å². The highest BCUT2D eigenvalue weighted by molar-refractivity contribution is 6.10. The summed E-state index contributed by atoms with van der Waals surface area (Å²) in [5, 5.41) is 3.83. The van der Waals surface area contributed by atoms with E-state index in [0.29, 0.717) is 45.4 Å². The smallest absolute Gasteiger partial charge is 0.416 e. The van der Waals surface area contributed by atoms with E-state index in [1.807, 2.05) is 91.9 Å². The summed E-state index contributed by atoms with van der Waals surface area (Å²) in [6.45, 7) is 2.04. The van der Waals surface area contributed by atoms with Crippen LogP contribution in [0.1, 0.15) is 11.1 Å². The maximum absolute atomic E-state index is 13.8. The summed E-state index contributed by atoms with van der Waals surface area (Å²) < 4.78 is 58.3. The molecular formula is C45H28F3N7O2. The number of nitrogens with zero attached hydrogens (tertiary/aromatic N) is 7. The third-order valence-corrected chi connectivity index (χ3v) is 9.83. The molecule has 5 heterocycles. The summed E-state index contributed by atoms with van der Waals surface area (Å²) in [6.07, 6.45) is 1.27. The Balaban J connectivity index is 1.07. The Kier molecular flexibility index (Phi) is 7.92. The van der Waals surface area contributed by atoms with Gasteiger partial charge >= 0.3 is 6.18 Å². The molecular weight excluding hydrogens is 728 g/mol. The van der Waals surface area contributed by atoms with Crippen LogP contribution < -0.4 is 9.47 Å². The summed E-state index contributed by atoms with van der Waals surface area (Å²) in [5.74, 6) is 3.24. The predicted molar refractivity (Wildman–Crippen MR) is 212 cm³/mol. The Morgan fingerprint density at radius 3 is 1.58 bits per heavy atom. The quantitative estimate of drug-likeness (QED) is 0.160. The Hall–Kier alpha value is -7.60. The van der Waals surface area contributed by atoms with Gasteiger partial charge in [0.1, 0.15) is 47.3 Å². The number of para-hydroxylation sites is 2. The van der Waals surface area contributed by atoms with Crippen LogP contribution in [0.3, 0.4) is 0 Å². The lowest BCUT2D eigenvalue weighted by Crippen LogP contribution is -2.07. The zero-order chi connectivity index (χ0) is 38.7. The molecule has 9 nitrogen and oxygen atoms in total. The molecule has 0 amide bonds. The summed E-state index contributed by atoms with van der Waals surface area (Å²) in [4.78, 5) is 21.7. The van der Waals surface area contributed by atoms with Crippen LogP contribution in [0.4, 0.5) is 13.2 Å². The van der Waals surface area contributed by atoms with E-state index in [9.17, 15) is 13.2 Å². The summed E-state index contributed by atoms with van der Waals surface area (Å²) in [7, 11) is 0. The second-order valence-corrected chi connectivity index (χ2v) is 13.5. The molecule has 0 radical (unpaired) electrons. The normalized spacial score (nSPS) is 11.9. The number of alkyl halides is 3. The van der Waals surface area contributed by atoms with Gasteiger partial charge in [-0.2, -0.15) is 13.2 Å². The van der Waals surface area contributed by atoms with Crippen LogP contribution in [-0.2, 0) is 6.18 Å². The van der Waals surface area contributed by atoms with Crippen molar-refractivity contribution in [2.75, 3.05) is 0 Å². The van der Waals surface area contributed by atoms with E-state index in [1.165, 1.54) is 18.9 Å². The number of ether oxygens (including phenoxy) is 2. The number of rotatable bonds is 7. The van der Waals surface area contributed by atoms with Gasteiger partial charge < -0.3 is 9.47 Å². The van der Waals surface area contributed by atoms with Gasteiger partial charge in [0.15, 0.2) is 5.82 Å². The van der Waals surface area contributed by atoms with E-state index >= 15 is 0 Å². The Bertz CT molecular complexity index is 3160. The average molecular weight is 756 g/mol. The van der Waals surface area contributed by atoms with Crippen LogP contribution in [0.15, 0.2) is 152 Å². The molecule has 10 rings (SSSR count). The van der Waals surface area contributed by atoms with E-state index in [1.54, 1.807) is 29.0 Å². The van der Waals surface area contributed by atoms with Gasteiger partial charge in [-0.1, -0.05) is 36.4 Å². The Morgan fingerprint density at radius 2 is 1.02 bits per heavy atom. The van der Waals surface area contributed by atoms with Gasteiger partial charge in [0.25, 0.3) is 0 Å². The van der Waals surface area contributed by atoms with Gasteiger partial charge in [0, 0.05) is 57.7 Å². The molecule has 5 aromatic heterocycles. The van der Waals surface area contributed by atoms with Crippen LogP contribution in [0, 0.1) is 6.92 Å². The number of aryl methyl sites for hydroxylation is 1. The Morgan fingerprint density at radius 1 is 0.491 bits per heavy atom. The van der Waals surface area contributed by atoms with Crippen molar-refractivity contribution in [3.05, 3.63) is 164 Å². The molecule has 0 aliphatic heterocycles. The summed E-state index contributed by atoms with van der Waals surface area (Å²) in [5.41, 5.74) is 4.20. The van der Waals surface area contributed by atoms with Crippen LogP contribution in [-0.4, -0.2) is 34.1 Å². The highest BCUT2D eigenvalue weighted by Crippen LogP contribution is 2.40. The van der Waals surface area contributed by atoms with Crippen molar-refractivity contribution in [1.29, 1.82) is 0 Å². The number of hydrogen-bond donors (Lipinski definition) is 0. The molecule has 10 aromatic rings. The van der Waals surface area contributed by atoms with Gasteiger partial charge in [-0.05, 0) is 85.3 Å². The fourth-order valence-corrected chi connectivity index (χ4v) is 7.36. The van der Waals surface area contributed by atoms with Gasteiger partial charge in [-0.3, -0.25) is 9.13 Å². The van der Waals surface area contributed by atoms with Crippen LogP contribution in [0.5, 0.6) is 23.0 Å². The first-order valence-corrected chi connectivity index (χ1v) is 17.9. The second kappa shape index (κ2) is 13.3. The zero-order valence-corrected chi connectivity index (χ0v) is 30.0. The summed E-state index contributed by atoms with van der Waals surface area (Å²) >= 11 is 0. The molecule has 0 saturated heterocycles. The molecule has 0 fully saturated rings. The first-order valence-electron chi connectivity index (χ1n) is 17.9. The van der Waals surface area contributed by atoms with Gasteiger partial charge in [-0.15, -0.1) is 0 Å². The third-order valence-electron chi connectivity index (χ3n) is 9.83. The summed E-state index contributed by atoms with van der Waals surface area (Å²) in [6, 6.07) is 38.6. The molecule has 0 bridgehead atoms.